The Hall–Kier alpha value is -2.13. The molecule has 0 spiro atoms. The Bertz CT molecular complexity index is 1820. The first-order valence-corrected chi connectivity index (χ1v) is 19.0. The SMILES string of the molecule is C[C@@H](O[C@@H](CF)COP(O)(=S)O[C@@]1(n2cnc3c(=O)[nH]c(N)nc32)CS[C@H](COP(O)(O)=S)C1)n1ccc2c(N)ncnc21. The number of rotatable bonds is 13. The van der Waals surface area contributed by atoms with Gasteiger partial charge in [-0.2, -0.15) is 16.7 Å². The average Bonchev–Trinajstić information content (AvgIpc) is 3.67. The summed E-state index contributed by atoms with van der Waals surface area (Å²) >= 11 is 11.2. The minimum atomic E-state index is -4.16. The standard InChI is InChI=1S/C21H28FN9O8P2S3/c1-11(30-3-2-14-16(23)25-9-26-17(14)30)38-12(5-22)6-37-41(35,43)39-21(4-13(44-8-21)7-36-40(33,34)42)31-10-27-15-18(31)28-20(24)29-19(15)32/h2-3,9-13H,4-8H2,1H3,(H,35,43)(H2,23,25,26)(H2,33,34,42)(H3,24,28,29,32)/t11-,12+,13+,21-,41?/m1/s1. The lowest BCUT2D eigenvalue weighted by atomic mass is 10.1. The van der Waals surface area contributed by atoms with E-state index in [9.17, 15) is 23.9 Å². The van der Waals surface area contributed by atoms with Crippen molar-refractivity contribution in [3.63, 3.8) is 0 Å². The number of nitrogens with one attached hydrogen (secondary N) is 1. The minimum absolute atomic E-state index is 0.0417. The van der Waals surface area contributed by atoms with Crippen LogP contribution in [0.3, 0.4) is 0 Å². The molecular weight excluding hydrogens is 683 g/mol. The van der Waals surface area contributed by atoms with E-state index in [0.717, 1.165) is 0 Å². The minimum Gasteiger partial charge on any atom is -0.383 e. The second kappa shape index (κ2) is 12.9. The van der Waals surface area contributed by atoms with Crippen molar-refractivity contribution in [2.45, 2.75) is 36.7 Å². The Labute approximate surface area is 262 Å². The maximum Gasteiger partial charge on any atom is 0.326 e. The molecule has 8 N–H and O–H groups in total. The molecule has 0 aromatic carbocycles. The molecule has 5 atom stereocenters. The largest absolute Gasteiger partial charge is 0.383 e. The van der Waals surface area contributed by atoms with Crippen molar-refractivity contribution in [1.29, 1.82) is 0 Å². The van der Waals surface area contributed by atoms with Gasteiger partial charge in [-0.3, -0.25) is 18.9 Å². The van der Waals surface area contributed by atoms with Gasteiger partial charge >= 0.3 is 13.4 Å². The fourth-order valence-electron chi connectivity index (χ4n) is 4.68. The van der Waals surface area contributed by atoms with Crippen LogP contribution in [-0.4, -0.2) is 85.7 Å². The number of halogens is 1. The van der Waals surface area contributed by atoms with Crippen molar-refractivity contribution < 1.29 is 37.4 Å². The predicted octanol–water partition coefficient (Wildman–Crippen LogP) is 1.24. The fraction of sp³-hybridized carbons (Fsp3) is 0.476. The molecule has 44 heavy (non-hydrogen) atoms. The molecule has 0 saturated carbocycles. The molecule has 4 aromatic heterocycles. The summed E-state index contributed by atoms with van der Waals surface area (Å²) in [6, 6.07) is 1.71. The Morgan fingerprint density at radius 3 is 2.75 bits per heavy atom. The van der Waals surface area contributed by atoms with Gasteiger partial charge in [-0.15, -0.1) is 0 Å². The molecule has 0 aliphatic carbocycles. The Morgan fingerprint density at radius 1 is 1.25 bits per heavy atom. The van der Waals surface area contributed by atoms with Gasteiger partial charge in [-0.25, -0.2) is 19.3 Å². The normalized spacial score (nSPS) is 22.0. The van der Waals surface area contributed by atoms with Crippen LogP contribution in [-0.2, 0) is 47.6 Å². The van der Waals surface area contributed by atoms with Crippen molar-refractivity contribution >= 4 is 82.8 Å². The van der Waals surface area contributed by atoms with Crippen molar-refractivity contribution in [1.82, 2.24) is 34.1 Å². The summed E-state index contributed by atoms with van der Waals surface area (Å²) in [4.78, 5) is 61.5. The molecule has 240 valence electrons. The van der Waals surface area contributed by atoms with Gasteiger partial charge in [-0.1, -0.05) is 0 Å². The quantitative estimate of drug-likeness (QED) is 0.107. The van der Waals surface area contributed by atoms with Gasteiger partial charge < -0.3 is 44.5 Å². The van der Waals surface area contributed by atoms with E-state index in [2.05, 4.69) is 36.7 Å². The molecule has 1 aliphatic rings. The fourth-order valence-corrected chi connectivity index (χ4v) is 8.44. The van der Waals surface area contributed by atoms with Crippen LogP contribution < -0.4 is 17.0 Å². The third kappa shape index (κ3) is 7.30. The topological polar surface area (TPSA) is 244 Å². The molecule has 1 aliphatic heterocycles. The van der Waals surface area contributed by atoms with E-state index in [0.29, 0.717) is 11.0 Å². The first-order chi connectivity index (χ1) is 20.7. The van der Waals surface area contributed by atoms with Crippen molar-refractivity contribution in [2.75, 3.05) is 37.1 Å². The summed E-state index contributed by atoms with van der Waals surface area (Å²) in [5.74, 6) is 0.199. The van der Waals surface area contributed by atoms with Crippen LogP contribution in [0, 0.1) is 0 Å². The second-order valence-electron chi connectivity index (χ2n) is 9.69. The van der Waals surface area contributed by atoms with E-state index in [4.69, 9.17) is 41.6 Å². The number of aromatic nitrogens is 7. The van der Waals surface area contributed by atoms with E-state index >= 15 is 0 Å². The van der Waals surface area contributed by atoms with Gasteiger partial charge in [0.25, 0.3) is 5.56 Å². The van der Waals surface area contributed by atoms with E-state index < -0.39 is 55.6 Å². The molecule has 0 radical (unpaired) electrons. The van der Waals surface area contributed by atoms with E-state index in [1.165, 1.54) is 29.0 Å². The van der Waals surface area contributed by atoms with Crippen LogP contribution >= 0.6 is 25.2 Å². The van der Waals surface area contributed by atoms with Crippen LogP contribution in [0.25, 0.3) is 22.2 Å². The number of nitrogens with two attached hydrogens (primary N) is 2. The van der Waals surface area contributed by atoms with Crippen LogP contribution in [0.1, 0.15) is 19.6 Å². The number of alkyl halides is 1. The molecule has 0 bridgehead atoms. The number of nitrogens with zero attached hydrogens (tertiary/aromatic N) is 6. The van der Waals surface area contributed by atoms with Gasteiger partial charge in [0.1, 0.15) is 36.8 Å². The molecule has 17 nitrogen and oxygen atoms in total. The molecule has 1 unspecified atom stereocenters. The van der Waals surface area contributed by atoms with E-state index in [1.54, 1.807) is 23.8 Å². The summed E-state index contributed by atoms with van der Waals surface area (Å²) in [6.07, 6.45) is 2.43. The van der Waals surface area contributed by atoms with Gasteiger partial charge in [0.05, 0.1) is 24.9 Å². The molecule has 1 fully saturated rings. The Kier molecular flexibility index (Phi) is 9.77. The smallest absolute Gasteiger partial charge is 0.326 e. The van der Waals surface area contributed by atoms with Crippen molar-refractivity contribution in [3.8, 4) is 0 Å². The number of hydrogen-bond acceptors (Lipinski definition) is 14. The number of fused-ring (bicyclic) bond motifs is 2. The van der Waals surface area contributed by atoms with E-state index in [1.807, 2.05) is 0 Å². The van der Waals surface area contributed by atoms with Gasteiger partial charge in [-0.05, 0) is 36.6 Å². The number of aromatic amines is 1. The van der Waals surface area contributed by atoms with Crippen LogP contribution in [0.2, 0.25) is 0 Å². The summed E-state index contributed by atoms with van der Waals surface area (Å²) in [6.45, 7) is -8.07. The number of hydrogen-bond donors (Lipinski definition) is 6. The number of imidazole rings is 1. The van der Waals surface area contributed by atoms with Crippen LogP contribution in [0.15, 0.2) is 29.7 Å². The Morgan fingerprint density at radius 2 is 2.02 bits per heavy atom. The lowest BCUT2D eigenvalue weighted by Crippen LogP contribution is -2.37. The van der Waals surface area contributed by atoms with Gasteiger partial charge in [0.15, 0.2) is 16.9 Å². The molecule has 5 rings (SSSR count). The van der Waals surface area contributed by atoms with Crippen LogP contribution in [0.5, 0.6) is 0 Å². The molecule has 23 heteroatoms. The third-order valence-electron chi connectivity index (χ3n) is 6.59. The maximum absolute atomic E-state index is 14.1. The maximum atomic E-state index is 14.1. The second-order valence-corrected chi connectivity index (χ2v) is 16.4. The van der Waals surface area contributed by atoms with Gasteiger partial charge in [0, 0.05) is 23.6 Å². The number of anilines is 2. The summed E-state index contributed by atoms with van der Waals surface area (Å²) < 4.78 is 39.6. The summed E-state index contributed by atoms with van der Waals surface area (Å²) in [7, 11) is 0. The molecule has 0 amide bonds. The number of thioether (sulfide) groups is 1. The lowest BCUT2D eigenvalue weighted by Gasteiger charge is -2.34. The highest BCUT2D eigenvalue weighted by atomic mass is 32.5. The Balaban J connectivity index is 1.35. The zero-order valence-corrected chi connectivity index (χ0v) is 27.0. The predicted molar refractivity (Wildman–Crippen MR) is 167 cm³/mol. The first-order valence-electron chi connectivity index (χ1n) is 12.7. The number of nitrogen functional groups attached to an aromatic ring is 2. The molecule has 5 heterocycles. The molecular formula is C21H28FN9O8P2S3. The average molecular weight is 712 g/mol. The lowest BCUT2D eigenvalue weighted by molar-refractivity contribution is -0.0751. The third-order valence-corrected chi connectivity index (χ3v) is 10.4. The van der Waals surface area contributed by atoms with E-state index in [-0.39, 0.29) is 41.7 Å². The van der Waals surface area contributed by atoms with Crippen molar-refractivity contribution in [3.05, 3.63) is 35.3 Å². The monoisotopic (exact) mass is 711 g/mol. The number of ether oxygens (including phenoxy) is 1. The zero-order valence-electron chi connectivity index (χ0n) is 22.8. The van der Waals surface area contributed by atoms with Crippen LogP contribution in [0.4, 0.5) is 16.2 Å². The summed E-state index contributed by atoms with van der Waals surface area (Å²) in [5.41, 5.74) is 10.0. The summed E-state index contributed by atoms with van der Waals surface area (Å²) in [5, 5.41) is 0.169. The van der Waals surface area contributed by atoms with Crippen molar-refractivity contribution in [2.24, 2.45) is 0 Å². The zero-order chi connectivity index (χ0) is 31.9. The highest BCUT2D eigenvalue weighted by Gasteiger charge is 2.48. The highest BCUT2D eigenvalue weighted by molar-refractivity contribution is 8.07. The first kappa shape index (κ1) is 33.2. The molecule has 1 saturated heterocycles. The number of H-pyrrole nitrogens is 1. The highest BCUT2D eigenvalue weighted by Crippen LogP contribution is 2.55. The molecule has 4 aromatic rings. The van der Waals surface area contributed by atoms with Gasteiger partial charge in [0.2, 0.25) is 5.95 Å².